The second kappa shape index (κ2) is 20.9. The lowest BCUT2D eigenvalue weighted by Gasteiger charge is -2.19. The van der Waals surface area contributed by atoms with Gasteiger partial charge in [0.1, 0.15) is 5.15 Å². The predicted octanol–water partition coefficient (Wildman–Crippen LogP) is 8.19. The normalized spacial score (nSPS) is 11.5. The topological polar surface area (TPSA) is 175 Å². The molecule has 8 aromatic rings. The Morgan fingerprint density at radius 1 is 0.591 bits per heavy atom. The number of aryl methyl sites for hydroxylation is 2. The summed E-state index contributed by atoms with van der Waals surface area (Å²) in [6.45, 7) is 16.6. The molecule has 66 heavy (non-hydrogen) atoms. The molecule has 340 valence electrons. The van der Waals surface area contributed by atoms with Crippen LogP contribution < -0.4 is 5.46 Å². The standard InChI is InChI=1S/C26H27N3O2.C19H20ClN3O.C7H9BO3/c1-17-12-25-27-22(15-24(31)19-8-10-21(11-9-19)26(2,3)4)14-23(29(25)28-17)20-7-5-6-18(13-20)16-30;1-12-9-18-21-15(11-17(20)23(18)22-12)10-16(24)13-5-7-14(8-6-13)19(2,3)4;9-5-6-2-1-3-7(4-6)8(10)11/h5-14,30H,15-16H2,1-4H3;5-9,11H,10H2,1-4H3;1-4,9-11H,5H2. The average molecular weight is 907 g/mol. The summed E-state index contributed by atoms with van der Waals surface area (Å²) in [5.41, 5.74) is 12.0. The monoisotopic (exact) mass is 906 g/mol. The van der Waals surface area contributed by atoms with Gasteiger partial charge in [0.15, 0.2) is 22.9 Å². The smallest absolute Gasteiger partial charge is 0.423 e. The summed E-state index contributed by atoms with van der Waals surface area (Å²) < 4.78 is 3.36. The fourth-order valence-electron chi connectivity index (χ4n) is 7.15. The van der Waals surface area contributed by atoms with Crippen molar-refractivity contribution < 1.29 is 29.9 Å². The Morgan fingerprint density at radius 3 is 1.53 bits per heavy atom. The number of aromatic nitrogens is 6. The Hall–Kier alpha value is -6.35. The third-order valence-corrected chi connectivity index (χ3v) is 11.1. The van der Waals surface area contributed by atoms with Gasteiger partial charge in [0.05, 0.1) is 54.5 Å². The van der Waals surface area contributed by atoms with Crippen molar-refractivity contribution in [2.75, 3.05) is 0 Å². The zero-order valence-electron chi connectivity index (χ0n) is 38.6. The molecular weight excluding hydrogens is 851 g/mol. The maximum absolute atomic E-state index is 13.0. The zero-order valence-corrected chi connectivity index (χ0v) is 39.4. The Morgan fingerprint density at radius 2 is 1.05 bits per heavy atom. The molecule has 0 aliphatic carbocycles. The number of aliphatic hydroxyl groups is 2. The van der Waals surface area contributed by atoms with Crippen molar-refractivity contribution in [3.8, 4) is 11.3 Å². The molecule has 8 rings (SSSR count). The van der Waals surface area contributed by atoms with Gasteiger partial charge in [-0.15, -0.1) is 0 Å². The van der Waals surface area contributed by atoms with Gasteiger partial charge < -0.3 is 20.3 Å². The van der Waals surface area contributed by atoms with Gasteiger partial charge in [0.2, 0.25) is 0 Å². The van der Waals surface area contributed by atoms with Crippen molar-refractivity contribution >= 4 is 47.0 Å². The van der Waals surface area contributed by atoms with E-state index < -0.39 is 7.12 Å². The number of carbonyl (C=O) groups is 2. The molecular formula is C52H56BClN6O6. The summed E-state index contributed by atoms with van der Waals surface area (Å²) in [6, 6.07) is 37.2. The molecule has 0 aliphatic rings. The van der Waals surface area contributed by atoms with E-state index in [0.29, 0.717) is 50.0 Å². The fourth-order valence-corrected chi connectivity index (χ4v) is 7.41. The highest BCUT2D eigenvalue weighted by atomic mass is 35.5. The zero-order chi connectivity index (χ0) is 47.9. The SMILES string of the molecule is Cc1cc2nc(CC(=O)c3ccc(C(C)(C)C)cc3)cc(-c3cccc(CO)c3)n2n1.Cc1cc2nc(CC(=O)c3ccc(C(C)(C)C)cc3)cc(Cl)n2n1.OCc1cccc(B(O)O)c1. The van der Waals surface area contributed by atoms with Crippen molar-refractivity contribution in [3.05, 3.63) is 183 Å². The van der Waals surface area contributed by atoms with Gasteiger partial charge in [0.25, 0.3) is 0 Å². The van der Waals surface area contributed by atoms with E-state index >= 15 is 0 Å². The van der Waals surface area contributed by atoms with Crippen LogP contribution in [0.4, 0.5) is 0 Å². The lowest BCUT2D eigenvalue weighted by atomic mass is 9.80. The van der Waals surface area contributed by atoms with E-state index in [1.165, 1.54) is 11.1 Å². The summed E-state index contributed by atoms with van der Waals surface area (Å²) >= 11 is 6.23. The molecule has 0 unspecified atom stereocenters. The van der Waals surface area contributed by atoms with E-state index in [2.05, 4.69) is 61.7 Å². The van der Waals surface area contributed by atoms with Crippen LogP contribution in [0.25, 0.3) is 22.6 Å². The van der Waals surface area contributed by atoms with Gasteiger partial charge in [-0.3, -0.25) is 9.59 Å². The van der Waals surface area contributed by atoms with E-state index in [1.807, 2.05) is 105 Å². The molecule has 0 saturated carbocycles. The molecule has 0 fully saturated rings. The van der Waals surface area contributed by atoms with Gasteiger partial charge in [-0.2, -0.15) is 10.2 Å². The molecule has 4 aromatic carbocycles. The van der Waals surface area contributed by atoms with Crippen LogP contribution in [0.1, 0.15) is 107 Å². The first-order valence-corrected chi connectivity index (χ1v) is 22.0. The molecule has 4 heterocycles. The quantitative estimate of drug-likeness (QED) is 0.0595. The maximum Gasteiger partial charge on any atom is 0.488 e. The number of hydrogen-bond donors (Lipinski definition) is 4. The first-order valence-electron chi connectivity index (χ1n) is 21.6. The molecule has 4 aromatic heterocycles. The number of rotatable bonds is 10. The molecule has 0 spiro atoms. The van der Waals surface area contributed by atoms with Gasteiger partial charge in [-0.05, 0) is 70.6 Å². The Bertz CT molecular complexity index is 2970. The summed E-state index contributed by atoms with van der Waals surface area (Å²) in [5, 5.41) is 44.9. The van der Waals surface area contributed by atoms with E-state index in [4.69, 9.17) is 26.8 Å². The summed E-state index contributed by atoms with van der Waals surface area (Å²) in [7, 11) is -1.46. The van der Waals surface area contributed by atoms with Gasteiger partial charge in [0, 0.05) is 28.8 Å². The highest BCUT2D eigenvalue weighted by Gasteiger charge is 2.19. The van der Waals surface area contributed by atoms with E-state index in [-0.39, 0.29) is 48.5 Å². The van der Waals surface area contributed by atoms with Crippen molar-refractivity contribution in [3.63, 3.8) is 0 Å². The van der Waals surface area contributed by atoms with Crippen molar-refractivity contribution in [1.29, 1.82) is 0 Å². The number of nitrogens with zero attached hydrogens (tertiary/aromatic N) is 6. The van der Waals surface area contributed by atoms with E-state index in [0.717, 1.165) is 28.2 Å². The molecule has 0 saturated heterocycles. The van der Waals surface area contributed by atoms with Crippen LogP contribution >= 0.6 is 11.6 Å². The molecule has 0 bridgehead atoms. The first kappa shape index (κ1) is 49.1. The largest absolute Gasteiger partial charge is 0.488 e. The molecule has 0 amide bonds. The number of fused-ring (bicyclic) bond motifs is 2. The molecule has 12 nitrogen and oxygen atoms in total. The maximum atomic E-state index is 13.0. The van der Waals surface area contributed by atoms with Crippen LogP contribution in [0.15, 0.2) is 121 Å². The van der Waals surface area contributed by atoms with Crippen LogP contribution in [0.5, 0.6) is 0 Å². The average Bonchev–Trinajstić information content (AvgIpc) is 3.86. The Labute approximate surface area is 390 Å². The number of benzene rings is 4. The summed E-state index contributed by atoms with van der Waals surface area (Å²) in [4.78, 5) is 34.6. The van der Waals surface area contributed by atoms with Crippen molar-refractivity contribution in [2.45, 2.75) is 92.3 Å². The fraction of sp³-hybridized carbons (Fsp3) is 0.269. The number of aliphatic hydroxyl groups excluding tert-OH is 2. The highest BCUT2D eigenvalue weighted by molar-refractivity contribution is 6.58. The van der Waals surface area contributed by atoms with Gasteiger partial charge >= 0.3 is 7.12 Å². The number of carbonyl (C=O) groups excluding carboxylic acids is 2. The Kier molecular flexibility index (Phi) is 15.5. The summed E-state index contributed by atoms with van der Waals surface area (Å²) in [5.74, 6) is 0.0585. The minimum atomic E-state index is -1.46. The van der Waals surface area contributed by atoms with Crippen LogP contribution in [0.3, 0.4) is 0 Å². The third kappa shape index (κ3) is 12.5. The predicted molar refractivity (Wildman–Crippen MR) is 260 cm³/mol. The minimum Gasteiger partial charge on any atom is -0.423 e. The highest BCUT2D eigenvalue weighted by Crippen LogP contribution is 2.26. The van der Waals surface area contributed by atoms with Crippen molar-refractivity contribution in [2.24, 2.45) is 0 Å². The number of ketones is 2. The molecule has 14 heteroatoms. The number of hydrogen-bond acceptors (Lipinski definition) is 10. The summed E-state index contributed by atoms with van der Waals surface area (Å²) in [6.07, 6.45) is 0.428. The van der Waals surface area contributed by atoms with Crippen molar-refractivity contribution in [1.82, 2.24) is 29.2 Å². The molecule has 0 radical (unpaired) electrons. The molecule has 4 N–H and O–H groups in total. The van der Waals surface area contributed by atoms with Crippen LogP contribution in [0, 0.1) is 13.8 Å². The number of Topliss-reactive ketones (excluding diaryl/α,β-unsaturated/α-hetero) is 2. The molecule has 0 atom stereocenters. The van der Waals surface area contributed by atoms with E-state index in [9.17, 15) is 14.7 Å². The second-order valence-electron chi connectivity index (χ2n) is 18.3. The van der Waals surface area contributed by atoms with Gasteiger partial charge in [-0.1, -0.05) is 144 Å². The van der Waals surface area contributed by atoms with Crippen LogP contribution in [-0.2, 0) is 36.9 Å². The third-order valence-electron chi connectivity index (χ3n) is 10.8. The lowest BCUT2D eigenvalue weighted by molar-refractivity contribution is 0.0983. The van der Waals surface area contributed by atoms with Gasteiger partial charge in [-0.25, -0.2) is 19.0 Å². The van der Waals surface area contributed by atoms with Crippen LogP contribution in [-0.4, -0.2) is 68.1 Å². The second-order valence-corrected chi connectivity index (χ2v) is 18.7. The van der Waals surface area contributed by atoms with E-state index in [1.54, 1.807) is 39.4 Å². The van der Waals surface area contributed by atoms with Crippen LogP contribution in [0.2, 0.25) is 5.15 Å². The lowest BCUT2D eigenvalue weighted by Crippen LogP contribution is -2.29. The first-order chi connectivity index (χ1) is 31.2. The Balaban J connectivity index is 0.000000182. The molecule has 0 aliphatic heterocycles. The minimum absolute atomic E-state index is 0.0274. The number of halogens is 1.